The molecule has 23 heavy (non-hydrogen) atoms. The lowest BCUT2D eigenvalue weighted by Crippen LogP contribution is -2.49. The first kappa shape index (κ1) is 16.3. The number of hydrogen-bond donors (Lipinski definition) is 2. The van der Waals surface area contributed by atoms with Gasteiger partial charge in [0, 0.05) is 25.7 Å². The average molecular weight is 323 g/mol. The Balaban J connectivity index is 1.44. The van der Waals surface area contributed by atoms with E-state index >= 15 is 0 Å². The fourth-order valence-electron chi connectivity index (χ4n) is 3.34. The Morgan fingerprint density at radius 1 is 1.22 bits per heavy atom. The van der Waals surface area contributed by atoms with E-state index in [2.05, 4.69) is 15.5 Å². The van der Waals surface area contributed by atoms with Crippen LogP contribution in [0.15, 0.2) is 18.2 Å². The summed E-state index contributed by atoms with van der Waals surface area (Å²) >= 11 is 0. The molecule has 0 radical (unpaired) electrons. The van der Waals surface area contributed by atoms with Crippen LogP contribution in [0.25, 0.3) is 0 Å². The van der Waals surface area contributed by atoms with Gasteiger partial charge in [0.15, 0.2) is 11.6 Å². The molecule has 0 aliphatic carbocycles. The van der Waals surface area contributed by atoms with E-state index < -0.39 is 11.6 Å². The van der Waals surface area contributed by atoms with Gasteiger partial charge in [-0.25, -0.2) is 8.78 Å². The molecule has 1 amide bonds. The van der Waals surface area contributed by atoms with Crippen LogP contribution in [0.3, 0.4) is 0 Å². The number of nitrogens with zero attached hydrogens (tertiary/aromatic N) is 1. The third-order valence-electron chi connectivity index (χ3n) is 4.70. The third kappa shape index (κ3) is 4.26. The standard InChI is InChI=1S/C17H23F2N3O/c18-14-4-3-12(10-15(14)19)11-22-8-5-13(6-9-22)21-17(23)16-2-1-7-20-16/h3-4,10,13,16,20H,1-2,5-9,11H2,(H,21,23). The maximum atomic E-state index is 13.2. The molecule has 0 spiro atoms. The van der Waals surface area contributed by atoms with Crippen molar-refractivity contribution in [1.29, 1.82) is 0 Å². The highest BCUT2D eigenvalue weighted by atomic mass is 19.2. The molecule has 2 N–H and O–H groups in total. The summed E-state index contributed by atoms with van der Waals surface area (Å²) in [6, 6.07) is 4.24. The van der Waals surface area contributed by atoms with Crippen molar-refractivity contribution < 1.29 is 13.6 Å². The summed E-state index contributed by atoms with van der Waals surface area (Å²) in [5.41, 5.74) is 0.779. The fraction of sp³-hybridized carbons (Fsp3) is 0.588. The van der Waals surface area contributed by atoms with Gasteiger partial charge in [-0.3, -0.25) is 9.69 Å². The molecule has 1 aromatic rings. The van der Waals surface area contributed by atoms with Crippen molar-refractivity contribution >= 4 is 5.91 Å². The molecule has 1 aromatic carbocycles. The van der Waals surface area contributed by atoms with Crippen molar-refractivity contribution in [2.45, 2.75) is 44.3 Å². The molecule has 3 rings (SSSR count). The van der Waals surface area contributed by atoms with Crippen LogP contribution in [0.2, 0.25) is 0 Å². The molecule has 0 aromatic heterocycles. The minimum absolute atomic E-state index is 0.0322. The molecular weight excluding hydrogens is 300 g/mol. The lowest BCUT2D eigenvalue weighted by atomic mass is 10.0. The lowest BCUT2D eigenvalue weighted by Gasteiger charge is -2.32. The number of likely N-dealkylation sites (tertiary alicyclic amines) is 1. The smallest absolute Gasteiger partial charge is 0.237 e. The Morgan fingerprint density at radius 3 is 2.65 bits per heavy atom. The summed E-state index contributed by atoms with van der Waals surface area (Å²) in [4.78, 5) is 14.3. The second-order valence-electron chi connectivity index (χ2n) is 6.46. The first-order chi connectivity index (χ1) is 11.1. The van der Waals surface area contributed by atoms with Crippen LogP contribution < -0.4 is 10.6 Å². The number of piperidine rings is 1. The van der Waals surface area contributed by atoms with E-state index in [1.54, 1.807) is 6.07 Å². The Bertz CT molecular complexity index is 553. The first-order valence-electron chi connectivity index (χ1n) is 8.32. The van der Waals surface area contributed by atoms with Crippen molar-refractivity contribution in [2.24, 2.45) is 0 Å². The average Bonchev–Trinajstić information content (AvgIpc) is 3.07. The highest BCUT2D eigenvalue weighted by Gasteiger charge is 2.26. The number of halogens is 2. The van der Waals surface area contributed by atoms with Crippen LogP contribution in [0.5, 0.6) is 0 Å². The number of benzene rings is 1. The van der Waals surface area contributed by atoms with E-state index in [1.807, 2.05) is 0 Å². The Hall–Kier alpha value is -1.53. The molecule has 2 fully saturated rings. The third-order valence-corrected chi connectivity index (χ3v) is 4.70. The van der Waals surface area contributed by atoms with Gasteiger partial charge < -0.3 is 10.6 Å². The number of nitrogens with one attached hydrogen (secondary N) is 2. The first-order valence-corrected chi connectivity index (χ1v) is 8.32. The normalized spacial score (nSPS) is 23.1. The van der Waals surface area contributed by atoms with Gasteiger partial charge in [-0.15, -0.1) is 0 Å². The van der Waals surface area contributed by atoms with Gasteiger partial charge in [-0.1, -0.05) is 6.07 Å². The zero-order valence-electron chi connectivity index (χ0n) is 13.2. The van der Waals surface area contributed by atoms with Crippen molar-refractivity contribution in [3.8, 4) is 0 Å². The topological polar surface area (TPSA) is 44.4 Å². The number of rotatable bonds is 4. The number of carbonyl (C=O) groups excluding carboxylic acids is 1. The van der Waals surface area contributed by atoms with Crippen molar-refractivity contribution in [2.75, 3.05) is 19.6 Å². The molecule has 2 aliphatic rings. The van der Waals surface area contributed by atoms with Gasteiger partial charge in [0.25, 0.3) is 0 Å². The number of hydrogen-bond acceptors (Lipinski definition) is 3. The molecule has 6 heteroatoms. The summed E-state index contributed by atoms with van der Waals surface area (Å²) in [5.74, 6) is -1.49. The lowest BCUT2D eigenvalue weighted by molar-refractivity contribution is -0.123. The molecule has 1 unspecified atom stereocenters. The van der Waals surface area contributed by atoms with Gasteiger partial charge in [0.1, 0.15) is 0 Å². The predicted octanol–water partition coefficient (Wildman–Crippen LogP) is 1.80. The van der Waals surface area contributed by atoms with E-state index in [4.69, 9.17) is 0 Å². The van der Waals surface area contributed by atoms with Gasteiger partial charge in [-0.2, -0.15) is 0 Å². The van der Waals surface area contributed by atoms with E-state index in [9.17, 15) is 13.6 Å². The minimum Gasteiger partial charge on any atom is -0.352 e. The molecule has 2 heterocycles. The molecule has 2 saturated heterocycles. The maximum Gasteiger partial charge on any atom is 0.237 e. The van der Waals surface area contributed by atoms with E-state index in [-0.39, 0.29) is 18.0 Å². The van der Waals surface area contributed by atoms with E-state index in [0.717, 1.165) is 50.9 Å². The van der Waals surface area contributed by atoms with Crippen molar-refractivity contribution in [1.82, 2.24) is 15.5 Å². The largest absolute Gasteiger partial charge is 0.352 e. The molecule has 1 atom stereocenters. The molecular formula is C17H23F2N3O. The van der Waals surface area contributed by atoms with Crippen molar-refractivity contribution in [3.05, 3.63) is 35.4 Å². The van der Waals surface area contributed by atoms with Crippen LogP contribution in [-0.4, -0.2) is 42.5 Å². The summed E-state index contributed by atoms with van der Waals surface area (Å²) in [6.45, 7) is 3.23. The zero-order valence-corrected chi connectivity index (χ0v) is 13.2. The number of carbonyl (C=O) groups is 1. The molecule has 0 saturated carbocycles. The highest BCUT2D eigenvalue weighted by Crippen LogP contribution is 2.16. The van der Waals surface area contributed by atoms with Gasteiger partial charge in [0.2, 0.25) is 5.91 Å². The highest BCUT2D eigenvalue weighted by molar-refractivity contribution is 5.82. The van der Waals surface area contributed by atoms with E-state index in [0.29, 0.717) is 6.54 Å². The van der Waals surface area contributed by atoms with E-state index in [1.165, 1.54) is 12.1 Å². The fourth-order valence-corrected chi connectivity index (χ4v) is 3.34. The van der Waals surface area contributed by atoms with Crippen LogP contribution >= 0.6 is 0 Å². The Labute approximate surface area is 135 Å². The minimum atomic E-state index is -0.810. The van der Waals surface area contributed by atoms with Gasteiger partial charge in [-0.05, 0) is 49.9 Å². The van der Waals surface area contributed by atoms with Crippen molar-refractivity contribution in [3.63, 3.8) is 0 Å². The SMILES string of the molecule is O=C(NC1CCN(Cc2ccc(F)c(F)c2)CC1)C1CCCN1. The van der Waals surface area contributed by atoms with Crippen LogP contribution in [0, 0.1) is 11.6 Å². The van der Waals surface area contributed by atoms with Crippen LogP contribution in [0.1, 0.15) is 31.2 Å². The van der Waals surface area contributed by atoms with Crippen LogP contribution in [-0.2, 0) is 11.3 Å². The second-order valence-corrected chi connectivity index (χ2v) is 6.46. The molecule has 126 valence electrons. The van der Waals surface area contributed by atoms with Crippen LogP contribution in [0.4, 0.5) is 8.78 Å². The van der Waals surface area contributed by atoms with Gasteiger partial charge in [0.05, 0.1) is 6.04 Å². The quantitative estimate of drug-likeness (QED) is 0.888. The molecule has 4 nitrogen and oxygen atoms in total. The summed E-state index contributed by atoms with van der Waals surface area (Å²) in [5, 5.41) is 6.33. The number of amides is 1. The second kappa shape index (κ2) is 7.36. The Morgan fingerprint density at radius 2 is 2.00 bits per heavy atom. The Kier molecular flexibility index (Phi) is 5.23. The monoisotopic (exact) mass is 323 g/mol. The summed E-state index contributed by atoms with van der Waals surface area (Å²) in [7, 11) is 0. The molecule has 0 bridgehead atoms. The predicted molar refractivity (Wildman–Crippen MR) is 83.8 cm³/mol. The van der Waals surface area contributed by atoms with Gasteiger partial charge >= 0.3 is 0 Å². The summed E-state index contributed by atoms with van der Waals surface area (Å²) < 4.78 is 26.2. The molecule has 2 aliphatic heterocycles. The summed E-state index contributed by atoms with van der Waals surface area (Å²) in [6.07, 6.45) is 3.76. The zero-order chi connectivity index (χ0) is 16.2. The maximum absolute atomic E-state index is 13.2.